The third kappa shape index (κ3) is 2.53. The van der Waals surface area contributed by atoms with Gasteiger partial charge in [0.1, 0.15) is 0 Å². The summed E-state index contributed by atoms with van der Waals surface area (Å²) in [6.45, 7) is 4.66. The minimum atomic E-state index is 0.429. The molecule has 1 aromatic heterocycles. The van der Waals surface area contributed by atoms with Crippen molar-refractivity contribution < 1.29 is 0 Å². The molecule has 0 aromatic carbocycles. The fraction of sp³-hybridized carbons (Fsp3) is 0.824. The van der Waals surface area contributed by atoms with Crippen molar-refractivity contribution in [2.24, 2.45) is 0 Å². The fourth-order valence-corrected chi connectivity index (χ4v) is 4.94. The maximum atomic E-state index is 4.38. The fourth-order valence-electron chi connectivity index (χ4n) is 4.94. The van der Waals surface area contributed by atoms with Gasteiger partial charge in [0.25, 0.3) is 0 Å². The first-order valence-corrected chi connectivity index (χ1v) is 8.78. The lowest BCUT2D eigenvalue weighted by Crippen LogP contribution is -2.68. The van der Waals surface area contributed by atoms with Gasteiger partial charge in [-0.25, -0.2) is 0 Å². The highest BCUT2D eigenvalue weighted by Crippen LogP contribution is 2.42. The molecule has 21 heavy (non-hydrogen) atoms. The van der Waals surface area contributed by atoms with E-state index in [2.05, 4.69) is 26.2 Å². The first kappa shape index (κ1) is 13.8. The van der Waals surface area contributed by atoms with Gasteiger partial charge in [-0.2, -0.15) is 5.10 Å². The largest absolute Gasteiger partial charge is 0.308 e. The van der Waals surface area contributed by atoms with Crippen LogP contribution < -0.4 is 5.32 Å². The molecule has 0 unspecified atom stereocenters. The Kier molecular flexibility index (Phi) is 3.54. The van der Waals surface area contributed by atoms with Crippen LogP contribution in [-0.4, -0.2) is 45.4 Å². The van der Waals surface area contributed by atoms with Crippen LogP contribution >= 0.6 is 0 Å². The number of rotatable bonds is 3. The van der Waals surface area contributed by atoms with Crippen LogP contribution in [0.15, 0.2) is 18.5 Å². The molecule has 0 bridgehead atoms. The summed E-state index contributed by atoms with van der Waals surface area (Å²) in [6.07, 6.45) is 15.1. The van der Waals surface area contributed by atoms with Gasteiger partial charge in [-0.15, -0.1) is 0 Å². The van der Waals surface area contributed by atoms with E-state index in [-0.39, 0.29) is 0 Å². The lowest BCUT2D eigenvalue weighted by molar-refractivity contribution is 0.00630. The molecule has 0 amide bonds. The Balaban J connectivity index is 1.49. The predicted molar refractivity (Wildman–Crippen MR) is 84.2 cm³/mol. The smallest absolute Gasteiger partial charge is 0.0536 e. The number of hydrogen-bond acceptors (Lipinski definition) is 3. The number of nitrogens with zero attached hydrogens (tertiary/aromatic N) is 3. The first-order valence-electron chi connectivity index (χ1n) is 8.78. The molecule has 1 saturated heterocycles. The zero-order chi connectivity index (χ0) is 14.2. The van der Waals surface area contributed by atoms with Crippen molar-refractivity contribution in [1.82, 2.24) is 20.0 Å². The van der Waals surface area contributed by atoms with Crippen LogP contribution in [0.2, 0.25) is 0 Å². The second kappa shape index (κ2) is 5.40. The van der Waals surface area contributed by atoms with E-state index in [9.17, 15) is 0 Å². The molecule has 3 aliphatic rings. The zero-order valence-electron chi connectivity index (χ0n) is 13.1. The standard InChI is InChI=1S/C17H28N4/c1-2-7-16(6-1)15-20(12-13-21-11-5-10-19-21)17(14-18-16)8-3-4-9-17/h5,10-11,18H,1-4,6-9,12-15H2. The molecule has 4 rings (SSSR count). The van der Waals surface area contributed by atoms with E-state index in [0.717, 1.165) is 13.1 Å². The van der Waals surface area contributed by atoms with Gasteiger partial charge in [0, 0.05) is 43.1 Å². The normalized spacial score (nSPS) is 27.8. The molecule has 1 aromatic rings. The number of hydrogen-bond donors (Lipinski definition) is 1. The molecule has 1 aliphatic heterocycles. The number of nitrogens with one attached hydrogen (secondary N) is 1. The summed E-state index contributed by atoms with van der Waals surface area (Å²) < 4.78 is 2.09. The van der Waals surface area contributed by atoms with Gasteiger partial charge in [-0.3, -0.25) is 9.58 Å². The lowest BCUT2D eigenvalue weighted by atomic mass is 9.84. The molecule has 116 valence electrons. The van der Waals surface area contributed by atoms with Crippen molar-refractivity contribution in [3.8, 4) is 0 Å². The molecule has 2 spiro atoms. The minimum absolute atomic E-state index is 0.429. The molecule has 0 atom stereocenters. The second-order valence-corrected chi connectivity index (χ2v) is 7.46. The average molecular weight is 288 g/mol. The predicted octanol–water partition coefficient (Wildman–Crippen LogP) is 2.41. The van der Waals surface area contributed by atoms with Crippen LogP contribution in [0.3, 0.4) is 0 Å². The van der Waals surface area contributed by atoms with E-state index >= 15 is 0 Å². The van der Waals surface area contributed by atoms with E-state index in [1.54, 1.807) is 0 Å². The maximum absolute atomic E-state index is 4.38. The first-order chi connectivity index (χ1) is 10.3. The molecular weight excluding hydrogens is 260 g/mol. The van der Waals surface area contributed by atoms with Gasteiger partial charge in [0.05, 0.1) is 6.54 Å². The molecule has 2 heterocycles. The van der Waals surface area contributed by atoms with Crippen molar-refractivity contribution >= 4 is 0 Å². The third-order valence-corrected chi connectivity index (χ3v) is 6.21. The summed E-state index contributed by atoms with van der Waals surface area (Å²) in [5, 5.41) is 8.37. The number of aromatic nitrogens is 2. The Morgan fingerprint density at radius 3 is 2.48 bits per heavy atom. The number of piperazine rings is 1. The minimum Gasteiger partial charge on any atom is -0.308 e. The Morgan fingerprint density at radius 1 is 1.00 bits per heavy atom. The van der Waals surface area contributed by atoms with Gasteiger partial charge < -0.3 is 5.32 Å². The van der Waals surface area contributed by atoms with Crippen LogP contribution in [-0.2, 0) is 6.54 Å². The average Bonchev–Trinajstić information content (AvgIpc) is 3.23. The highest BCUT2D eigenvalue weighted by molar-refractivity contribution is 5.08. The molecule has 1 N–H and O–H groups in total. The van der Waals surface area contributed by atoms with Crippen molar-refractivity contribution in [2.75, 3.05) is 19.6 Å². The molecule has 4 heteroatoms. The molecule has 2 saturated carbocycles. The maximum Gasteiger partial charge on any atom is 0.0536 e. The van der Waals surface area contributed by atoms with Gasteiger partial charge >= 0.3 is 0 Å². The van der Waals surface area contributed by atoms with E-state index in [1.807, 2.05) is 12.3 Å². The molecule has 4 nitrogen and oxygen atoms in total. The van der Waals surface area contributed by atoms with Crippen LogP contribution in [0.1, 0.15) is 51.4 Å². The molecule has 3 fully saturated rings. The monoisotopic (exact) mass is 288 g/mol. The van der Waals surface area contributed by atoms with E-state index in [0.29, 0.717) is 11.1 Å². The third-order valence-electron chi connectivity index (χ3n) is 6.21. The Morgan fingerprint density at radius 2 is 1.76 bits per heavy atom. The summed E-state index contributed by atoms with van der Waals surface area (Å²) in [5.74, 6) is 0. The second-order valence-electron chi connectivity index (χ2n) is 7.46. The Labute approximate surface area is 127 Å². The van der Waals surface area contributed by atoms with E-state index in [1.165, 1.54) is 64.5 Å². The van der Waals surface area contributed by atoms with Crippen molar-refractivity contribution in [1.29, 1.82) is 0 Å². The zero-order valence-corrected chi connectivity index (χ0v) is 13.1. The van der Waals surface area contributed by atoms with Crippen LogP contribution in [0.5, 0.6) is 0 Å². The topological polar surface area (TPSA) is 33.1 Å². The summed E-state index contributed by atoms with van der Waals surface area (Å²) in [6, 6.07) is 2.03. The Bertz CT molecular complexity index is 455. The molecular formula is C17H28N4. The van der Waals surface area contributed by atoms with Crippen LogP contribution in [0.25, 0.3) is 0 Å². The van der Waals surface area contributed by atoms with Gasteiger partial charge in [-0.05, 0) is 31.7 Å². The van der Waals surface area contributed by atoms with E-state index < -0.39 is 0 Å². The molecule has 0 radical (unpaired) electrons. The van der Waals surface area contributed by atoms with Gasteiger partial charge in [-0.1, -0.05) is 25.7 Å². The van der Waals surface area contributed by atoms with Crippen molar-refractivity contribution in [3.05, 3.63) is 18.5 Å². The summed E-state index contributed by atoms with van der Waals surface area (Å²) in [7, 11) is 0. The summed E-state index contributed by atoms with van der Waals surface area (Å²) in [5.41, 5.74) is 0.874. The van der Waals surface area contributed by atoms with Gasteiger partial charge in [0.15, 0.2) is 0 Å². The van der Waals surface area contributed by atoms with Crippen molar-refractivity contribution in [2.45, 2.75) is 69.0 Å². The Hall–Kier alpha value is -0.870. The highest BCUT2D eigenvalue weighted by atomic mass is 15.3. The van der Waals surface area contributed by atoms with Crippen molar-refractivity contribution in [3.63, 3.8) is 0 Å². The highest BCUT2D eigenvalue weighted by Gasteiger charge is 2.49. The van der Waals surface area contributed by atoms with Gasteiger partial charge in [0.2, 0.25) is 0 Å². The van der Waals surface area contributed by atoms with E-state index in [4.69, 9.17) is 0 Å². The quantitative estimate of drug-likeness (QED) is 0.927. The SMILES string of the molecule is c1cnn(CCN2CC3(CCCC3)NCC23CCCC3)c1. The van der Waals surface area contributed by atoms with Crippen LogP contribution in [0, 0.1) is 0 Å². The molecule has 2 aliphatic carbocycles. The summed E-state index contributed by atoms with van der Waals surface area (Å²) in [4.78, 5) is 2.84. The lowest BCUT2D eigenvalue weighted by Gasteiger charge is -2.52. The van der Waals surface area contributed by atoms with Crippen LogP contribution in [0.4, 0.5) is 0 Å². The summed E-state index contributed by atoms with van der Waals surface area (Å²) >= 11 is 0.